The van der Waals surface area contributed by atoms with Crippen LogP contribution in [-0.2, 0) is 11.2 Å². The number of Topliss-reactive ketones (excluding diaryl/α,β-unsaturated/α-hetero) is 1. The van der Waals surface area contributed by atoms with Gasteiger partial charge in [-0.3, -0.25) is 9.78 Å². The van der Waals surface area contributed by atoms with Gasteiger partial charge in [0.1, 0.15) is 17.6 Å². The van der Waals surface area contributed by atoms with Gasteiger partial charge in [-0.25, -0.2) is 0 Å². The molecule has 1 aromatic heterocycles. The molecule has 37 heavy (non-hydrogen) atoms. The summed E-state index contributed by atoms with van der Waals surface area (Å²) >= 11 is 0. The highest BCUT2D eigenvalue weighted by Gasteiger charge is 2.32. The van der Waals surface area contributed by atoms with Crippen LogP contribution in [-0.4, -0.2) is 64.5 Å². The minimum absolute atomic E-state index is 0.0543. The monoisotopic (exact) mass is 508 g/mol. The minimum atomic E-state index is -0.641. The van der Waals surface area contributed by atoms with Gasteiger partial charge in [0.15, 0.2) is 17.3 Å². The van der Waals surface area contributed by atoms with Gasteiger partial charge in [-0.05, 0) is 37.6 Å². The predicted octanol–water partition coefficient (Wildman–Crippen LogP) is 4.00. The summed E-state index contributed by atoms with van der Waals surface area (Å²) in [6, 6.07) is 10.6. The molecular formula is C28H32N2O7. The lowest BCUT2D eigenvalue weighted by atomic mass is 9.96. The van der Waals surface area contributed by atoms with Gasteiger partial charge in [-0.15, -0.1) is 0 Å². The molecule has 196 valence electrons. The molecule has 0 amide bonds. The van der Waals surface area contributed by atoms with Crippen LogP contribution in [0.2, 0.25) is 0 Å². The normalized spacial score (nSPS) is 17.1. The number of carbonyl (C=O) groups excluding carboxylic acids is 1. The fraction of sp³-hybridized carbons (Fsp3) is 0.357. The number of ketones is 1. The Morgan fingerprint density at radius 3 is 2.30 bits per heavy atom. The number of methoxy groups -OCH3 is 4. The standard InChI is InChI=1S/C28H32N2O7/c1-17-21(26(33-3)28(35-5)27(34-4)25(17)32-2)13-18-16-36-23(15-30-18)24(31)20-10-6-7-11-22(20)37-19-9-8-12-29-14-19/h6-12,14,18,23,30H,13,15-16H2,1-5H3. The average molecular weight is 509 g/mol. The Hall–Kier alpha value is -3.82. The summed E-state index contributed by atoms with van der Waals surface area (Å²) in [5.74, 6) is 2.99. The van der Waals surface area contributed by atoms with Gasteiger partial charge >= 0.3 is 0 Å². The van der Waals surface area contributed by atoms with Crippen molar-refractivity contribution in [3.05, 3.63) is 65.5 Å². The van der Waals surface area contributed by atoms with E-state index in [-0.39, 0.29) is 11.8 Å². The third kappa shape index (κ3) is 5.47. The molecule has 1 aliphatic rings. The Labute approximate surface area is 216 Å². The van der Waals surface area contributed by atoms with Crippen LogP contribution in [0.3, 0.4) is 0 Å². The van der Waals surface area contributed by atoms with Gasteiger partial charge in [-0.1, -0.05) is 12.1 Å². The summed E-state index contributed by atoms with van der Waals surface area (Å²) in [5.41, 5.74) is 2.26. The molecule has 2 atom stereocenters. The van der Waals surface area contributed by atoms with Crippen LogP contribution in [0.4, 0.5) is 0 Å². The van der Waals surface area contributed by atoms with Crippen molar-refractivity contribution < 1.29 is 33.2 Å². The Balaban J connectivity index is 1.49. The van der Waals surface area contributed by atoms with Crippen molar-refractivity contribution in [3.8, 4) is 34.5 Å². The van der Waals surface area contributed by atoms with E-state index in [1.54, 1.807) is 65.1 Å². The number of morpholine rings is 1. The fourth-order valence-electron chi connectivity index (χ4n) is 4.54. The summed E-state index contributed by atoms with van der Waals surface area (Å²) < 4.78 is 34.4. The van der Waals surface area contributed by atoms with Gasteiger partial charge in [-0.2, -0.15) is 0 Å². The smallest absolute Gasteiger partial charge is 0.207 e. The Morgan fingerprint density at radius 1 is 0.973 bits per heavy atom. The van der Waals surface area contributed by atoms with Gasteiger partial charge in [0.05, 0.1) is 46.8 Å². The number of rotatable bonds is 10. The molecule has 0 aliphatic carbocycles. The van der Waals surface area contributed by atoms with E-state index in [1.807, 2.05) is 19.1 Å². The van der Waals surface area contributed by atoms with Gasteiger partial charge < -0.3 is 33.7 Å². The zero-order valence-corrected chi connectivity index (χ0v) is 21.7. The summed E-state index contributed by atoms with van der Waals surface area (Å²) in [6.45, 7) is 2.64. The van der Waals surface area contributed by atoms with Crippen LogP contribution < -0.4 is 29.0 Å². The Kier molecular flexibility index (Phi) is 8.47. The van der Waals surface area contributed by atoms with Crippen LogP contribution in [0.25, 0.3) is 0 Å². The molecule has 0 bridgehead atoms. The van der Waals surface area contributed by atoms with Crippen LogP contribution in [0.5, 0.6) is 34.5 Å². The SMILES string of the molecule is COc1c(C)c(CC2COC(C(=O)c3ccccc3Oc3cccnc3)CN2)c(OC)c(OC)c1OC. The van der Waals surface area contributed by atoms with Crippen molar-refractivity contribution in [2.75, 3.05) is 41.6 Å². The average Bonchev–Trinajstić information content (AvgIpc) is 2.94. The second kappa shape index (κ2) is 11.9. The number of carbonyl (C=O) groups is 1. The first kappa shape index (κ1) is 26.2. The number of hydrogen-bond donors (Lipinski definition) is 1. The highest BCUT2D eigenvalue weighted by atomic mass is 16.5. The van der Waals surface area contributed by atoms with Crippen molar-refractivity contribution in [2.24, 2.45) is 0 Å². The maximum absolute atomic E-state index is 13.3. The van der Waals surface area contributed by atoms with E-state index >= 15 is 0 Å². The second-order valence-electron chi connectivity index (χ2n) is 8.52. The van der Waals surface area contributed by atoms with E-state index in [2.05, 4.69) is 10.3 Å². The summed E-state index contributed by atoms with van der Waals surface area (Å²) in [4.78, 5) is 17.4. The molecule has 1 saturated heterocycles. The molecule has 0 spiro atoms. The van der Waals surface area contributed by atoms with E-state index in [1.165, 1.54) is 0 Å². The highest BCUT2D eigenvalue weighted by molar-refractivity contribution is 6.02. The van der Waals surface area contributed by atoms with E-state index in [4.69, 9.17) is 28.4 Å². The molecule has 0 saturated carbocycles. The molecule has 9 heteroatoms. The molecular weight excluding hydrogens is 476 g/mol. The van der Waals surface area contributed by atoms with Crippen molar-refractivity contribution in [2.45, 2.75) is 25.5 Å². The van der Waals surface area contributed by atoms with E-state index in [0.29, 0.717) is 59.6 Å². The third-order valence-electron chi connectivity index (χ3n) is 6.35. The predicted molar refractivity (Wildman–Crippen MR) is 138 cm³/mol. The van der Waals surface area contributed by atoms with E-state index in [9.17, 15) is 4.79 Å². The second-order valence-corrected chi connectivity index (χ2v) is 8.52. The molecule has 4 rings (SSSR count). The minimum Gasteiger partial charge on any atom is -0.492 e. The number of hydrogen-bond acceptors (Lipinski definition) is 9. The van der Waals surface area contributed by atoms with Crippen molar-refractivity contribution in [1.29, 1.82) is 0 Å². The largest absolute Gasteiger partial charge is 0.492 e. The molecule has 1 aliphatic heterocycles. The van der Waals surface area contributed by atoms with Crippen LogP contribution in [0, 0.1) is 6.92 Å². The Morgan fingerprint density at radius 2 is 1.68 bits per heavy atom. The maximum atomic E-state index is 13.3. The van der Waals surface area contributed by atoms with Crippen LogP contribution in [0.1, 0.15) is 21.5 Å². The molecule has 2 heterocycles. The first-order valence-corrected chi connectivity index (χ1v) is 11.9. The van der Waals surface area contributed by atoms with Crippen molar-refractivity contribution >= 4 is 5.78 Å². The van der Waals surface area contributed by atoms with Gasteiger partial charge in [0.25, 0.3) is 0 Å². The third-order valence-corrected chi connectivity index (χ3v) is 6.35. The van der Waals surface area contributed by atoms with Crippen LogP contribution >= 0.6 is 0 Å². The quantitative estimate of drug-likeness (QED) is 0.408. The molecule has 2 aromatic carbocycles. The number of nitrogens with one attached hydrogen (secondary N) is 1. The van der Waals surface area contributed by atoms with Crippen molar-refractivity contribution in [3.63, 3.8) is 0 Å². The number of aromatic nitrogens is 1. The molecule has 0 radical (unpaired) electrons. The van der Waals surface area contributed by atoms with Gasteiger partial charge in [0.2, 0.25) is 11.5 Å². The number of benzene rings is 2. The fourth-order valence-corrected chi connectivity index (χ4v) is 4.54. The first-order valence-electron chi connectivity index (χ1n) is 11.9. The zero-order chi connectivity index (χ0) is 26.4. The Bertz CT molecular complexity index is 1220. The molecule has 1 fully saturated rings. The van der Waals surface area contributed by atoms with Crippen molar-refractivity contribution in [1.82, 2.24) is 10.3 Å². The first-order chi connectivity index (χ1) is 18.0. The topological polar surface area (TPSA) is 97.4 Å². The lowest BCUT2D eigenvalue weighted by Gasteiger charge is -2.31. The summed E-state index contributed by atoms with van der Waals surface area (Å²) in [6.07, 6.45) is 3.20. The number of ether oxygens (including phenoxy) is 6. The molecule has 9 nitrogen and oxygen atoms in total. The summed E-state index contributed by atoms with van der Waals surface area (Å²) in [5, 5.41) is 3.45. The zero-order valence-electron chi connectivity index (χ0n) is 21.7. The molecule has 3 aromatic rings. The molecule has 2 unspecified atom stereocenters. The van der Waals surface area contributed by atoms with Crippen LogP contribution in [0.15, 0.2) is 48.8 Å². The van der Waals surface area contributed by atoms with Gasteiger partial charge in [0, 0.05) is 29.9 Å². The lowest BCUT2D eigenvalue weighted by molar-refractivity contribution is 0.00982. The molecule has 1 N–H and O–H groups in total. The summed E-state index contributed by atoms with van der Waals surface area (Å²) in [7, 11) is 6.31. The number of para-hydroxylation sites is 1. The number of nitrogens with zero attached hydrogens (tertiary/aromatic N) is 1. The maximum Gasteiger partial charge on any atom is 0.207 e. The lowest BCUT2D eigenvalue weighted by Crippen LogP contribution is -2.50. The highest BCUT2D eigenvalue weighted by Crippen LogP contribution is 2.49. The van der Waals surface area contributed by atoms with E-state index in [0.717, 1.165) is 11.1 Å². The van der Waals surface area contributed by atoms with E-state index < -0.39 is 6.10 Å². The number of pyridine rings is 1.